The molecule has 0 aliphatic carbocycles. The number of hydrogen-bond donors (Lipinski definition) is 0. The maximum atomic E-state index is 11.3. The number of alkyl halides is 3. The summed E-state index contributed by atoms with van der Waals surface area (Å²) in [7, 11) is 1.28. The van der Waals surface area contributed by atoms with Gasteiger partial charge in [-0.1, -0.05) is 37.0 Å². The smallest absolute Gasteiger partial charge is 0.342 e. The Labute approximate surface area is 119 Å². The fourth-order valence-electron chi connectivity index (χ4n) is 2.09. The SMILES string of the molecule is COC(=O)C(Cl)(Cl)CC(C)CC(C)CC(C)Cl. The second-order valence-electron chi connectivity index (χ2n) is 4.86. The standard InChI is InChI=1S/C12H21Cl3O2/c1-8(6-10(3)13)5-9(2)7-12(14,15)11(16)17-4/h8-10H,5-7H2,1-4H3. The Bertz CT molecular complexity index is 242. The minimum absolute atomic E-state index is 0.162. The van der Waals surface area contributed by atoms with E-state index in [1.54, 1.807) is 0 Å². The molecule has 0 aromatic carbocycles. The molecule has 0 N–H and O–H groups in total. The minimum Gasteiger partial charge on any atom is -0.467 e. The van der Waals surface area contributed by atoms with E-state index in [2.05, 4.69) is 11.7 Å². The Morgan fingerprint density at radius 3 is 2.12 bits per heavy atom. The third-order valence-corrected chi connectivity index (χ3v) is 3.42. The summed E-state index contributed by atoms with van der Waals surface area (Å²) in [5, 5.41) is 0.162. The molecule has 5 heteroatoms. The van der Waals surface area contributed by atoms with Gasteiger partial charge in [-0.3, -0.25) is 0 Å². The number of esters is 1. The highest BCUT2D eigenvalue weighted by Crippen LogP contribution is 2.33. The molecule has 2 nitrogen and oxygen atoms in total. The zero-order valence-electron chi connectivity index (χ0n) is 10.8. The summed E-state index contributed by atoms with van der Waals surface area (Å²) in [6, 6.07) is 0. The van der Waals surface area contributed by atoms with Crippen LogP contribution in [0.4, 0.5) is 0 Å². The number of ether oxygens (including phenoxy) is 1. The molecule has 0 rings (SSSR count). The lowest BCUT2D eigenvalue weighted by Crippen LogP contribution is -2.30. The average molecular weight is 304 g/mol. The molecule has 0 amide bonds. The number of carbonyl (C=O) groups is 1. The van der Waals surface area contributed by atoms with Crippen LogP contribution in [0, 0.1) is 11.8 Å². The molecular formula is C12H21Cl3O2. The van der Waals surface area contributed by atoms with Crippen molar-refractivity contribution in [2.24, 2.45) is 11.8 Å². The van der Waals surface area contributed by atoms with Crippen LogP contribution in [-0.4, -0.2) is 22.8 Å². The second-order valence-corrected chi connectivity index (χ2v) is 7.09. The van der Waals surface area contributed by atoms with Crippen molar-refractivity contribution in [2.45, 2.75) is 49.7 Å². The lowest BCUT2D eigenvalue weighted by molar-refractivity contribution is -0.141. The lowest BCUT2D eigenvalue weighted by atomic mass is 9.90. The van der Waals surface area contributed by atoms with Gasteiger partial charge >= 0.3 is 5.97 Å². The Morgan fingerprint density at radius 2 is 1.71 bits per heavy atom. The van der Waals surface area contributed by atoms with Gasteiger partial charge in [0.2, 0.25) is 4.33 Å². The van der Waals surface area contributed by atoms with E-state index in [4.69, 9.17) is 34.8 Å². The maximum absolute atomic E-state index is 11.3. The Kier molecular flexibility index (Phi) is 7.86. The normalized spacial score (nSPS) is 17.4. The summed E-state index contributed by atoms with van der Waals surface area (Å²) in [6.45, 7) is 6.14. The van der Waals surface area contributed by atoms with Crippen molar-refractivity contribution in [3.8, 4) is 0 Å². The molecule has 0 radical (unpaired) electrons. The van der Waals surface area contributed by atoms with Gasteiger partial charge in [-0.25, -0.2) is 4.79 Å². The van der Waals surface area contributed by atoms with Gasteiger partial charge in [-0.15, -0.1) is 11.6 Å². The van der Waals surface area contributed by atoms with Crippen molar-refractivity contribution in [3.05, 3.63) is 0 Å². The van der Waals surface area contributed by atoms with Gasteiger partial charge < -0.3 is 4.74 Å². The van der Waals surface area contributed by atoms with Crippen molar-refractivity contribution in [3.63, 3.8) is 0 Å². The monoisotopic (exact) mass is 302 g/mol. The van der Waals surface area contributed by atoms with Gasteiger partial charge in [-0.2, -0.15) is 0 Å². The molecule has 3 atom stereocenters. The summed E-state index contributed by atoms with van der Waals surface area (Å²) >= 11 is 17.8. The fourth-order valence-corrected chi connectivity index (χ4v) is 3.08. The first kappa shape index (κ1) is 17.3. The average Bonchev–Trinajstić information content (AvgIpc) is 2.13. The first-order valence-corrected chi connectivity index (χ1v) is 6.98. The van der Waals surface area contributed by atoms with E-state index in [1.807, 2.05) is 13.8 Å². The molecule has 0 aromatic heterocycles. The number of methoxy groups -OCH3 is 1. The number of rotatable bonds is 7. The first-order chi connectivity index (χ1) is 7.69. The van der Waals surface area contributed by atoms with E-state index in [0.717, 1.165) is 12.8 Å². The quantitative estimate of drug-likeness (QED) is 0.514. The highest BCUT2D eigenvalue weighted by molar-refractivity contribution is 6.57. The molecule has 0 aliphatic heterocycles. The maximum Gasteiger partial charge on any atom is 0.342 e. The van der Waals surface area contributed by atoms with Crippen molar-refractivity contribution < 1.29 is 9.53 Å². The van der Waals surface area contributed by atoms with Crippen LogP contribution in [0.15, 0.2) is 0 Å². The van der Waals surface area contributed by atoms with Crippen LogP contribution in [0.3, 0.4) is 0 Å². The summed E-state index contributed by atoms with van der Waals surface area (Å²) in [5.41, 5.74) is 0. The molecule has 102 valence electrons. The van der Waals surface area contributed by atoms with Crippen LogP contribution in [0.5, 0.6) is 0 Å². The summed E-state index contributed by atoms with van der Waals surface area (Å²) in [5.74, 6) is 0.139. The van der Waals surface area contributed by atoms with E-state index >= 15 is 0 Å². The van der Waals surface area contributed by atoms with Crippen molar-refractivity contribution >= 4 is 40.8 Å². The molecule has 0 fully saturated rings. The molecule has 0 saturated heterocycles. The van der Waals surface area contributed by atoms with Crippen LogP contribution in [0.2, 0.25) is 0 Å². The van der Waals surface area contributed by atoms with Gasteiger partial charge in [0, 0.05) is 5.38 Å². The topological polar surface area (TPSA) is 26.3 Å². The van der Waals surface area contributed by atoms with E-state index in [9.17, 15) is 4.79 Å². The van der Waals surface area contributed by atoms with Crippen LogP contribution < -0.4 is 0 Å². The molecule has 0 heterocycles. The summed E-state index contributed by atoms with van der Waals surface area (Å²) in [4.78, 5) is 11.3. The predicted molar refractivity (Wildman–Crippen MR) is 73.9 cm³/mol. The number of halogens is 3. The zero-order valence-corrected chi connectivity index (χ0v) is 13.1. The Balaban J connectivity index is 4.17. The van der Waals surface area contributed by atoms with Crippen LogP contribution in [0.1, 0.15) is 40.0 Å². The van der Waals surface area contributed by atoms with Crippen LogP contribution >= 0.6 is 34.8 Å². The lowest BCUT2D eigenvalue weighted by Gasteiger charge is -2.23. The van der Waals surface area contributed by atoms with Gasteiger partial charge in [0.05, 0.1) is 7.11 Å². The van der Waals surface area contributed by atoms with Crippen molar-refractivity contribution in [1.82, 2.24) is 0 Å². The van der Waals surface area contributed by atoms with E-state index in [1.165, 1.54) is 7.11 Å². The molecule has 0 aromatic rings. The molecule has 0 spiro atoms. The number of carbonyl (C=O) groups excluding carboxylic acids is 1. The molecule has 0 saturated carbocycles. The predicted octanol–water partition coefficient (Wildman–Crippen LogP) is 4.40. The van der Waals surface area contributed by atoms with Gasteiger partial charge in [0.25, 0.3) is 0 Å². The molecule has 17 heavy (non-hydrogen) atoms. The van der Waals surface area contributed by atoms with E-state index in [0.29, 0.717) is 12.3 Å². The van der Waals surface area contributed by atoms with Gasteiger partial charge in [-0.05, 0) is 38.0 Å². The van der Waals surface area contributed by atoms with Crippen LogP contribution in [-0.2, 0) is 9.53 Å². The van der Waals surface area contributed by atoms with Crippen molar-refractivity contribution in [2.75, 3.05) is 7.11 Å². The molecule has 0 aliphatic rings. The van der Waals surface area contributed by atoms with Crippen LogP contribution in [0.25, 0.3) is 0 Å². The van der Waals surface area contributed by atoms with E-state index < -0.39 is 10.3 Å². The minimum atomic E-state index is -1.44. The van der Waals surface area contributed by atoms with E-state index in [-0.39, 0.29) is 11.3 Å². The third-order valence-electron chi connectivity index (χ3n) is 2.62. The Hall–Kier alpha value is 0.340. The second kappa shape index (κ2) is 7.70. The highest BCUT2D eigenvalue weighted by Gasteiger charge is 2.36. The van der Waals surface area contributed by atoms with Gasteiger partial charge in [0.15, 0.2) is 0 Å². The summed E-state index contributed by atoms with van der Waals surface area (Å²) in [6.07, 6.45) is 2.28. The first-order valence-electron chi connectivity index (χ1n) is 5.79. The number of hydrogen-bond acceptors (Lipinski definition) is 2. The van der Waals surface area contributed by atoms with Crippen molar-refractivity contribution in [1.29, 1.82) is 0 Å². The molecule has 0 bridgehead atoms. The zero-order chi connectivity index (χ0) is 13.6. The molecular weight excluding hydrogens is 282 g/mol. The molecule has 3 unspecified atom stereocenters. The van der Waals surface area contributed by atoms with Gasteiger partial charge in [0.1, 0.15) is 0 Å². The largest absolute Gasteiger partial charge is 0.467 e. The fraction of sp³-hybridized carbons (Fsp3) is 0.917. The summed E-state index contributed by atoms with van der Waals surface area (Å²) < 4.78 is 3.12. The third kappa shape index (κ3) is 7.38. The highest BCUT2D eigenvalue weighted by atomic mass is 35.5. The Morgan fingerprint density at radius 1 is 1.18 bits per heavy atom.